The molecule has 1 aliphatic rings. The van der Waals surface area contributed by atoms with E-state index in [4.69, 9.17) is 5.73 Å². The number of hydrogen-bond donors (Lipinski definition) is 1. The Hall–Kier alpha value is -0.270. The van der Waals surface area contributed by atoms with Crippen molar-refractivity contribution >= 4 is 10.0 Å². The maximum atomic E-state index is 12.2. The lowest BCUT2D eigenvalue weighted by Crippen LogP contribution is -2.37. The van der Waals surface area contributed by atoms with Crippen molar-refractivity contribution in [1.82, 2.24) is 4.31 Å². The lowest BCUT2D eigenvalue weighted by molar-refractivity contribution is 0.220. The first-order valence-corrected chi connectivity index (χ1v) is 5.79. The van der Waals surface area contributed by atoms with Crippen LogP contribution in [0.15, 0.2) is 0 Å². The Bertz CT molecular complexity index is 307. The lowest BCUT2D eigenvalue weighted by atomic mass is 9.90. The number of nitrogens with two attached hydrogens (primary N) is 1. The summed E-state index contributed by atoms with van der Waals surface area (Å²) in [5.41, 5.74) is 5.08. The Kier molecular flexibility index (Phi) is 3.13. The van der Waals surface area contributed by atoms with Gasteiger partial charge < -0.3 is 5.73 Å². The number of halogens is 2. The first-order valence-electron chi connectivity index (χ1n) is 4.29. The van der Waals surface area contributed by atoms with E-state index in [1.54, 1.807) is 6.92 Å². The summed E-state index contributed by atoms with van der Waals surface area (Å²) in [7, 11) is -4.41. The number of nitrogens with zero attached hydrogens (tertiary/aromatic N) is 1. The zero-order chi connectivity index (χ0) is 11.0. The Labute approximate surface area is 82.1 Å². The van der Waals surface area contributed by atoms with Gasteiger partial charge in [-0.3, -0.25) is 0 Å². The first-order chi connectivity index (χ1) is 6.32. The second-order valence-corrected chi connectivity index (χ2v) is 5.81. The fourth-order valence-electron chi connectivity index (χ4n) is 1.47. The molecule has 0 aromatic heterocycles. The molecular formula is C7H14F2N2O2S. The summed E-state index contributed by atoms with van der Waals surface area (Å²) in [5, 5.41) is 0. The van der Waals surface area contributed by atoms with Crippen LogP contribution in [0.5, 0.6) is 0 Å². The molecule has 1 aliphatic heterocycles. The lowest BCUT2D eigenvalue weighted by Gasteiger charge is -2.21. The van der Waals surface area contributed by atoms with Crippen LogP contribution >= 0.6 is 0 Å². The van der Waals surface area contributed by atoms with Gasteiger partial charge in [-0.15, -0.1) is 0 Å². The van der Waals surface area contributed by atoms with Gasteiger partial charge in [0.15, 0.2) is 0 Å². The SMILES string of the molecule is CC1(CN)CCN(S(=O)(=O)C(F)F)C1. The summed E-state index contributed by atoms with van der Waals surface area (Å²) in [4.78, 5) is 0. The van der Waals surface area contributed by atoms with Crippen molar-refractivity contribution < 1.29 is 17.2 Å². The van der Waals surface area contributed by atoms with Crippen LogP contribution in [-0.2, 0) is 10.0 Å². The van der Waals surface area contributed by atoms with Gasteiger partial charge in [0.25, 0.3) is 10.0 Å². The molecule has 7 heteroatoms. The molecule has 1 unspecified atom stereocenters. The molecule has 0 aliphatic carbocycles. The molecule has 2 N–H and O–H groups in total. The maximum Gasteiger partial charge on any atom is 0.350 e. The number of rotatable bonds is 3. The summed E-state index contributed by atoms with van der Waals surface area (Å²) in [6.07, 6.45) is 0.537. The van der Waals surface area contributed by atoms with Gasteiger partial charge in [-0.25, -0.2) is 8.42 Å². The van der Waals surface area contributed by atoms with Crippen molar-refractivity contribution in [2.75, 3.05) is 19.6 Å². The summed E-state index contributed by atoms with van der Waals surface area (Å²) < 4.78 is 47.3. The number of hydrogen-bond acceptors (Lipinski definition) is 3. The Morgan fingerprint density at radius 1 is 1.57 bits per heavy atom. The summed E-state index contributed by atoms with van der Waals surface area (Å²) in [6, 6.07) is 0. The van der Waals surface area contributed by atoms with E-state index < -0.39 is 15.8 Å². The molecule has 0 bridgehead atoms. The second kappa shape index (κ2) is 3.71. The van der Waals surface area contributed by atoms with Gasteiger partial charge in [0, 0.05) is 13.1 Å². The van der Waals surface area contributed by atoms with Gasteiger partial charge in [-0.05, 0) is 18.4 Å². The molecule has 14 heavy (non-hydrogen) atoms. The topological polar surface area (TPSA) is 63.4 Å². The first kappa shape index (κ1) is 11.8. The Balaban J connectivity index is 2.77. The highest BCUT2D eigenvalue weighted by molar-refractivity contribution is 7.89. The molecule has 0 aromatic rings. The average molecular weight is 228 g/mol. The van der Waals surface area contributed by atoms with Crippen LogP contribution in [-0.4, -0.2) is 38.1 Å². The van der Waals surface area contributed by atoms with Crippen LogP contribution in [0.3, 0.4) is 0 Å². The highest BCUT2D eigenvalue weighted by Crippen LogP contribution is 2.31. The molecule has 0 saturated carbocycles. The van der Waals surface area contributed by atoms with E-state index in [-0.39, 0.29) is 18.5 Å². The van der Waals surface area contributed by atoms with E-state index in [0.29, 0.717) is 13.0 Å². The van der Waals surface area contributed by atoms with Gasteiger partial charge in [-0.2, -0.15) is 13.1 Å². The van der Waals surface area contributed by atoms with Crippen molar-refractivity contribution in [2.24, 2.45) is 11.1 Å². The third-order valence-electron chi connectivity index (χ3n) is 2.60. The van der Waals surface area contributed by atoms with Crippen LogP contribution in [0.25, 0.3) is 0 Å². The van der Waals surface area contributed by atoms with E-state index >= 15 is 0 Å². The fraction of sp³-hybridized carbons (Fsp3) is 1.00. The third kappa shape index (κ3) is 2.04. The zero-order valence-corrected chi connectivity index (χ0v) is 8.73. The van der Waals surface area contributed by atoms with E-state index in [9.17, 15) is 17.2 Å². The summed E-state index contributed by atoms with van der Waals surface area (Å²) in [6.45, 7) is 2.34. The third-order valence-corrected chi connectivity index (χ3v) is 4.08. The van der Waals surface area contributed by atoms with E-state index in [1.165, 1.54) is 0 Å². The molecule has 84 valence electrons. The molecule has 4 nitrogen and oxygen atoms in total. The maximum absolute atomic E-state index is 12.2. The zero-order valence-electron chi connectivity index (χ0n) is 7.91. The summed E-state index contributed by atoms with van der Waals surface area (Å²) >= 11 is 0. The van der Waals surface area contributed by atoms with Crippen molar-refractivity contribution in [3.8, 4) is 0 Å². The molecule has 0 spiro atoms. The molecule has 0 amide bonds. The smallest absolute Gasteiger partial charge is 0.330 e. The molecule has 1 rings (SSSR count). The van der Waals surface area contributed by atoms with Gasteiger partial charge >= 0.3 is 5.76 Å². The number of sulfonamides is 1. The minimum Gasteiger partial charge on any atom is -0.330 e. The Morgan fingerprint density at radius 3 is 2.50 bits per heavy atom. The van der Waals surface area contributed by atoms with Crippen LogP contribution in [0, 0.1) is 5.41 Å². The van der Waals surface area contributed by atoms with Crippen molar-refractivity contribution in [1.29, 1.82) is 0 Å². The van der Waals surface area contributed by atoms with Crippen molar-refractivity contribution in [2.45, 2.75) is 19.1 Å². The highest BCUT2D eigenvalue weighted by atomic mass is 32.2. The predicted octanol–water partition coefficient (Wildman–Crippen LogP) is 0.210. The van der Waals surface area contributed by atoms with Gasteiger partial charge in [0.1, 0.15) is 0 Å². The van der Waals surface area contributed by atoms with Gasteiger partial charge in [0.05, 0.1) is 0 Å². The molecule has 1 heterocycles. The molecule has 1 fully saturated rings. The molecule has 0 aromatic carbocycles. The van der Waals surface area contributed by atoms with Gasteiger partial charge in [-0.1, -0.05) is 6.92 Å². The second-order valence-electron chi connectivity index (χ2n) is 3.90. The molecule has 1 atom stereocenters. The number of alkyl halides is 2. The minimum atomic E-state index is -4.41. The van der Waals surface area contributed by atoms with Crippen LogP contribution in [0.1, 0.15) is 13.3 Å². The van der Waals surface area contributed by atoms with Crippen molar-refractivity contribution in [3.63, 3.8) is 0 Å². The quantitative estimate of drug-likeness (QED) is 0.751. The molecule has 0 radical (unpaired) electrons. The average Bonchev–Trinajstić information content (AvgIpc) is 2.49. The van der Waals surface area contributed by atoms with E-state index in [1.807, 2.05) is 0 Å². The van der Waals surface area contributed by atoms with Gasteiger partial charge in [0.2, 0.25) is 0 Å². The van der Waals surface area contributed by atoms with E-state index in [2.05, 4.69) is 0 Å². The monoisotopic (exact) mass is 228 g/mol. The summed E-state index contributed by atoms with van der Waals surface area (Å²) in [5.74, 6) is -3.33. The molecule has 1 saturated heterocycles. The Morgan fingerprint density at radius 2 is 2.14 bits per heavy atom. The molecular weight excluding hydrogens is 214 g/mol. The van der Waals surface area contributed by atoms with E-state index in [0.717, 1.165) is 4.31 Å². The predicted molar refractivity (Wildman–Crippen MR) is 48.3 cm³/mol. The van der Waals surface area contributed by atoms with Crippen LogP contribution in [0.4, 0.5) is 8.78 Å². The largest absolute Gasteiger partial charge is 0.350 e. The van der Waals surface area contributed by atoms with Crippen molar-refractivity contribution in [3.05, 3.63) is 0 Å². The highest BCUT2D eigenvalue weighted by Gasteiger charge is 2.41. The van der Waals surface area contributed by atoms with Crippen LogP contribution in [0.2, 0.25) is 0 Å². The minimum absolute atomic E-state index is 0.0934. The fourth-order valence-corrected chi connectivity index (χ4v) is 2.54. The van der Waals surface area contributed by atoms with Crippen LogP contribution < -0.4 is 5.73 Å². The standard InChI is InChI=1S/C7H14F2N2O2S/c1-7(4-10)2-3-11(5-7)14(12,13)6(8)9/h6H,2-5,10H2,1H3. The normalized spacial score (nSPS) is 30.1.